The largest absolute Gasteiger partial charge is 0.325 e. The number of hydrogen-bond acceptors (Lipinski definition) is 12. The van der Waals surface area contributed by atoms with Crippen LogP contribution in [0.1, 0.15) is 0 Å². The van der Waals surface area contributed by atoms with E-state index in [1.165, 1.54) is 42.5 Å². The molecular weight excluding hydrogens is 490 g/mol. The van der Waals surface area contributed by atoms with Gasteiger partial charge in [-0.1, -0.05) is 22.8 Å². The van der Waals surface area contributed by atoms with Gasteiger partial charge in [0.05, 0.1) is 11.5 Å². The maximum Gasteiger partial charge on any atom is 0.247 e. The first-order valence-electron chi connectivity index (χ1n) is 7.12. The molecular formula is C12H24N2O8P2S4. The molecule has 0 spiro atoms. The van der Waals surface area contributed by atoms with Gasteiger partial charge in [0, 0.05) is 42.5 Å². The molecule has 0 saturated carbocycles. The van der Waals surface area contributed by atoms with Gasteiger partial charge in [0.2, 0.25) is 36.0 Å². The molecule has 10 nitrogen and oxygen atoms in total. The van der Waals surface area contributed by atoms with Crippen LogP contribution in [0.5, 0.6) is 0 Å². The monoisotopic (exact) mass is 514 g/mol. The summed E-state index contributed by atoms with van der Waals surface area (Å²) >= 11 is 12.2. The first-order chi connectivity index (χ1) is 13.0. The number of rotatable bonds is 12. The standard InChI is InChI=1S/2C6H12NO4PS2/c2*1-7(5-8)6(9)4-14-12(13,10-2)11-3/h2*5H,4H2,1-3H3. The van der Waals surface area contributed by atoms with Crippen molar-refractivity contribution in [3.63, 3.8) is 0 Å². The molecule has 0 unspecified atom stereocenters. The van der Waals surface area contributed by atoms with Gasteiger partial charge in [-0.15, -0.1) is 0 Å². The van der Waals surface area contributed by atoms with Gasteiger partial charge in [0.15, 0.2) is 0 Å². The molecule has 4 amide bonds. The van der Waals surface area contributed by atoms with Gasteiger partial charge in [-0.3, -0.25) is 29.0 Å². The first-order valence-corrected chi connectivity index (χ1v) is 15.6. The van der Waals surface area contributed by atoms with E-state index < -0.39 is 11.4 Å². The Morgan fingerprint density at radius 2 is 1.04 bits per heavy atom. The van der Waals surface area contributed by atoms with E-state index in [-0.39, 0.29) is 23.3 Å². The zero-order valence-corrected chi connectivity index (χ0v) is 21.3. The van der Waals surface area contributed by atoms with Crippen LogP contribution in [0.25, 0.3) is 0 Å². The third-order valence-electron chi connectivity index (χ3n) is 2.69. The summed E-state index contributed by atoms with van der Waals surface area (Å²) in [6.07, 6.45) is 0.901. The van der Waals surface area contributed by atoms with Crippen LogP contribution in [0.4, 0.5) is 0 Å². The van der Waals surface area contributed by atoms with Crippen molar-refractivity contribution in [2.75, 3.05) is 54.0 Å². The van der Waals surface area contributed by atoms with Crippen molar-refractivity contribution in [1.82, 2.24) is 9.80 Å². The minimum absolute atomic E-state index is 0.0776. The Hall–Kier alpha value is 0.120. The fourth-order valence-electron chi connectivity index (χ4n) is 0.950. The Labute approximate surface area is 183 Å². The Kier molecular flexibility index (Phi) is 17.2. The van der Waals surface area contributed by atoms with Crippen LogP contribution in [0.15, 0.2) is 0 Å². The van der Waals surface area contributed by atoms with Crippen LogP contribution < -0.4 is 0 Å². The molecule has 0 radical (unpaired) electrons. The number of carbonyl (C=O) groups excluding carboxylic acids is 4. The first kappa shape index (κ1) is 30.3. The van der Waals surface area contributed by atoms with Crippen LogP contribution in [0.3, 0.4) is 0 Å². The molecule has 28 heavy (non-hydrogen) atoms. The van der Waals surface area contributed by atoms with Gasteiger partial charge in [-0.2, -0.15) is 0 Å². The van der Waals surface area contributed by atoms with Crippen molar-refractivity contribution >= 4 is 82.4 Å². The fourth-order valence-corrected chi connectivity index (χ4v) is 6.44. The molecule has 0 aliphatic rings. The van der Waals surface area contributed by atoms with Crippen LogP contribution >= 0.6 is 34.2 Å². The van der Waals surface area contributed by atoms with Crippen molar-refractivity contribution in [3.8, 4) is 0 Å². The normalized spacial score (nSPS) is 11.1. The van der Waals surface area contributed by atoms with Crippen molar-refractivity contribution in [1.29, 1.82) is 0 Å². The maximum absolute atomic E-state index is 11.2. The van der Waals surface area contributed by atoms with Crippen LogP contribution in [0, 0.1) is 0 Å². The Morgan fingerprint density at radius 1 is 0.786 bits per heavy atom. The number of imide groups is 2. The quantitative estimate of drug-likeness (QED) is 0.279. The fraction of sp³-hybridized carbons (Fsp3) is 0.667. The summed E-state index contributed by atoms with van der Waals surface area (Å²) in [7, 11) is 8.52. The molecule has 0 atom stereocenters. The molecule has 0 aliphatic carbocycles. The van der Waals surface area contributed by atoms with Crippen LogP contribution in [-0.4, -0.2) is 88.5 Å². The number of nitrogens with zero attached hydrogens (tertiary/aromatic N) is 2. The predicted octanol–water partition coefficient (Wildman–Crippen LogP) is 1.70. The van der Waals surface area contributed by atoms with E-state index in [1.807, 2.05) is 0 Å². The molecule has 0 heterocycles. The van der Waals surface area contributed by atoms with Gasteiger partial charge in [-0.25, -0.2) is 0 Å². The summed E-state index contributed by atoms with van der Waals surface area (Å²) in [5.41, 5.74) is -4.80. The Bertz CT molecular complexity index is 556. The lowest BCUT2D eigenvalue weighted by atomic mass is 10.6. The van der Waals surface area contributed by atoms with E-state index in [2.05, 4.69) is 0 Å². The minimum atomic E-state index is -2.40. The van der Waals surface area contributed by atoms with Crippen molar-refractivity contribution in [2.45, 2.75) is 0 Å². The second-order valence-electron chi connectivity index (χ2n) is 4.39. The number of carbonyl (C=O) groups is 4. The van der Waals surface area contributed by atoms with Crippen molar-refractivity contribution in [2.24, 2.45) is 0 Å². The average molecular weight is 515 g/mol. The lowest BCUT2D eigenvalue weighted by Gasteiger charge is -2.17. The molecule has 0 aromatic carbocycles. The molecule has 0 N–H and O–H groups in total. The van der Waals surface area contributed by atoms with Crippen LogP contribution in [0.2, 0.25) is 0 Å². The molecule has 0 fully saturated rings. The highest BCUT2D eigenvalue weighted by atomic mass is 32.9. The second-order valence-corrected chi connectivity index (χ2v) is 17.4. The summed E-state index contributed by atoms with van der Waals surface area (Å²) in [4.78, 5) is 44.7. The maximum atomic E-state index is 11.2. The van der Waals surface area contributed by atoms with E-state index in [0.29, 0.717) is 12.8 Å². The lowest BCUT2D eigenvalue weighted by Crippen LogP contribution is -2.26. The average Bonchev–Trinajstić information content (AvgIpc) is 2.74. The summed E-state index contributed by atoms with van der Waals surface area (Å²) in [6, 6.07) is 0. The summed E-state index contributed by atoms with van der Waals surface area (Å²) in [5, 5.41) is 0. The number of amides is 4. The third-order valence-corrected chi connectivity index (χ3v) is 14.0. The molecule has 0 bridgehead atoms. The molecule has 164 valence electrons. The van der Waals surface area contributed by atoms with E-state index >= 15 is 0 Å². The van der Waals surface area contributed by atoms with Gasteiger partial charge >= 0.3 is 0 Å². The van der Waals surface area contributed by atoms with Crippen molar-refractivity contribution in [3.05, 3.63) is 0 Å². The Morgan fingerprint density at radius 3 is 1.21 bits per heavy atom. The molecule has 0 aromatic heterocycles. The molecule has 0 aromatic rings. The number of hydrogen-bond donors (Lipinski definition) is 0. The van der Waals surface area contributed by atoms with Crippen molar-refractivity contribution < 1.29 is 37.3 Å². The van der Waals surface area contributed by atoms with E-state index in [0.717, 1.165) is 32.6 Å². The highest BCUT2D eigenvalue weighted by Gasteiger charge is 2.20. The van der Waals surface area contributed by atoms with Crippen LogP contribution in [-0.2, 0) is 60.9 Å². The minimum Gasteiger partial charge on any atom is -0.325 e. The third kappa shape index (κ3) is 12.6. The topological polar surface area (TPSA) is 112 Å². The lowest BCUT2D eigenvalue weighted by molar-refractivity contribution is -0.135. The predicted molar refractivity (Wildman–Crippen MR) is 119 cm³/mol. The summed E-state index contributed by atoms with van der Waals surface area (Å²) in [6.45, 7) is 0. The Balaban J connectivity index is 0. The zero-order valence-electron chi connectivity index (χ0n) is 16.3. The van der Waals surface area contributed by atoms with Gasteiger partial charge < -0.3 is 18.1 Å². The van der Waals surface area contributed by atoms with Gasteiger partial charge in [-0.05, 0) is 23.6 Å². The summed E-state index contributed by atoms with van der Waals surface area (Å²) < 4.78 is 19.8. The molecule has 0 saturated heterocycles. The summed E-state index contributed by atoms with van der Waals surface area (Å²) in [5.74, 6) is -0.496. The zero-order chi connectivity index (χ0) is 22.4. The molecule has 0 rings (SSSR count). The second kappa shape index (κ2) is 15.9. The van der Waals surface area contributed by atoms with E-state index in [1.54, 1.807) is 0 Å². The van der Waals surface area contributed by atoms with E-state index in [9.17, 15) is 19.2 Å². The van der Waals surface area contributed by atoms with Gasteiger partial charge in [0.25, 0.3) is 0 Å². The highest BCUT2D eigenvalue weighted by Crippen LogP contribution is 2.60. The smallest absolute Gasteiger partial charge is 0.247 e. The van der Waals surface area contributed by atoms with Gasteiger partial charge in [0.1, 0.15) is 0 Å². The SMILES string of the molecule is COP(=S)(OC)SCC(=O)N(C)C=O.COP(=S)(OC)SCC(=O)N(C)C=O. The van der Waals surface area contributed by atoms with E-state index in [4.69, 9.17) is 41.7 Å². The highest BCUT2D eigenvalue weighted by molar-refractivity contribution is 8.68. The molecule has 16 heteroatoms. The molecule has 0 aliphatic heterocycles.